The Morgan fingerprint density at radius 2 is 1.19 bits per heavy atom. The number of esters is 2. The third-order valence-corrected chi connectivity index (χ3v) is 10.3. The number of nitrogens with zero attached hydrogens (tertiary/aromatic N) is 4. The quantitative estimate of drug-likeness (QED) is 0.143. The Morgan fingerprint density at radius 3 is 1.79 bits per heavy atom. The largest absolute Gasteiger partial charge is 0.447 e. The highest BCUT2D eigenvalue weighted by Crippen LogP contribution is 2.36. The molecule has 0 fully saturated rings. The van der Waals surface area contributed by atoms with Gasteiger partial charge in [-0.25, -0.2) is 9.97 Å². The van der Waals surface area contributed by atoms with E-state index < -0.39 is 0 Å². The first-order chi connectivity index (χ1) is 24.6. The van der Waals surface area contributed by atoms with Gasteiger partial charge in [0.15, 0.2) is 12.5 Å². The van der Waals surface area contributed by atoms with Crippen LogP contribution in [0.3, 0.4) is 0 Å². The Labute approximate surface area is 307 Å². The van der Waals surface area contributed by atoms with Crippen molar-refractivity contribution in [2.75, 3.05) is 28.2 Å². The molecule has 0 amide bonds. The van der Waals surface area contributed by atoms with Crippen LogP contribution in [0, 0.1) is 13.8 Å². The fourth-order valence-electron chi connectivity index (χ4n) is 6.47. The van der Waals surface area contributed by atoms with Gasteiger partial charge in [0.2, 0.25) is 0 Å². The summed E-state index contributed by atoms with van der Waals surface area (Å²) in [6.07, 6.45) is 4.34. The molecule has 0 saturated heterocycles. The molecule has 10 heteroatoms. The summed E-state index contributed by atoms with van der Waals surface area (Å²) in [7, 11) is 7.50. The maximum atomic E-state index is 13.0. The van der Waals surface area contributed by atoms with Gasteiger partial charge in [0.1, 0.15) is 0 Å². The highest BCUT2D eigenvalue weighted by molar-refractivity contribution is 5.98. The van der Waals surface area contributed by atoms with E-state index in [1.807, 2.05) is 83.0 Å². The molecule has 8 bridgehead atoms. The van der Waals surface area contributed by atoms with Crippen LogP contribution in [-0.4, -0.2) is 82.3 Å². The lowest BCUT2D eigenvalue weighted by Crippen LogP contribution is -2.30. The van der Waals surface area contributed by atoms with Crippen LogP contribution in [0.2, 0.25) is 0 Å². The van der Waals surface area contributed by atoms with E-state index in [1.54, 1.807) is 0 Å². The van der Waals surface area contributed by atoms with Crippen LogP contribution in [0.15, 0.2) is 43.5 Å². The van der Waals surface area contributed by atoms with E-state index in [-0.39, 0.29) is 37.2 Å². The molecule has 2 aliphatic heterocycles. The zero-order valence-corrected chi connectivity index (χ0v) is 32.3. The maximum absolute atomic E-state index is 13.0. The number of carbonyl (C=O) groups is 2. The lowest BCUT2D eigenvalue weighted by Gasteiger charge is -2.20. The van der Waals surface area contributed by atoms with Gasteiger partial charge in [0, 0.05) is 46.0 Å². The van der Waals surface area contributed by atoms with Crippen LogP contribution in [0.5, 0.6) is 0 Å². The Morgan fingerprint density at radius 1 is 0.692 bits per heavy atom. The Balaban J connectivity index is 1.76. The molecular formula is C42H52N6O4. The summed E-state index contributed by atoms with van der Waals surface area (Å²) in [5.74, 6) is -0.551. The van der Waals surface area contributed by atoms with E-state index in [1.165, 1.54) is 0 Å². The number of rotatable bonds is 12. The van der Waals surface area contributed by atoms with Crippen molar-refractivity contribution in [3.8, 4) is 0 Å². The number of H-pyrrole nitrogens is 2. The average Bonchev–Trinajstić information content (AvgIpc) is 3.75. The lowest BCUT2D eigenvalue weighted by atomic mass is 10.00. The molecule has 3 aromatic rings. The fraction of sp³-hybridized carbons (Fsp3) is 0.381. The van der Waals surface area contributed by atoms with Gasteiger partial charge in [-0.05, 0) is 140 Å². The van der Waals surface area contributed by atoms with Crippen molar-refractivity contribution in [2.45, 2.75) is 79.7 Å². The fourth-order valence-corrected chi connectivity index (χ4v) is 6.47. The zero-order chi connectivity index (χ0) is 38.0. The van der Waals surface area contributed by atoms with E-state index >= 15 is 0 Å². The van der Waals surface area contributed by atoms with Crippen LogP contribution in [0.4, 0.5) is 0 Å². The van der Waals surface area contributed by atoms with Gasteiger partial charge in [-0.3, -0.25) is 19.4 Å². The van der Waals surface area contributed by atoms with Crippen LogP contribution < -0.4 is 0 Å². The number of allylic oxidation sites excluding steroid dienone is 5. The minimum absolute atomic E-state index is 0.201. The molecule has 0 radical (unpaired) electrons. The first-order valence-electron chi connectivity index (χ1n) is 17.8. The molecule has 2 atom stereocenters. The van der Waals surface area contributed by atoms with Crippen LogP contribution in [-0.2, 0) is 25.5 Å². The van der Waals surface area contributed by atoms with Crippen LogP contribution in [0.25, 0.3) is 50.4 Å². The van der Waals surface area contributed by atoms with E-state index in [0.717, 1.165) is 89.4 Å². The second kappa shape index (κ2) is 15.7. The van der Waals surface area contributed by atoms with Crippen molar-refractivity contribution in [3.63, 3.8) is 0 Å². The summed E-state index contributed by atoms with van der Waals surface area (Å²) in [6.45, 7) is 20.1. The summed E-state index contributed by atoms with van der Waals surface area (Å²) in [5.41, 5.74) is 14.6. The van der Waals surface area contributed by atoms with Gasteiger partial charge >= 0.3 is 11.9 Å². The molecule has 0 saturated carbocycles. The van der Waals surface area contributed by atoms with Gasteiger partial charge in [0.05, 0.1) is 22.8 Å². The topological polar surface area (TPSA) is 116 Å². The summed E-state index contributed by atoms with van der Waals surface area (Å²) >= 11 is 0. The molecule has 52 heavy (non-hydrogen) atoms. The minimum atomic E-state index is -0.338. The highest BCUT2D eigenvalue weighted by Gasteiger charge is 2.22. The number of carbonyl (C=O) groups excluding carboxylic acids is 2. The zero-order valence-electron chi connectivity index (χ0n) is 32.3. The number of aromatic amines is 2. The normalized spacial score (nSPS) is 14.2. The lowest BCUT2D eigenvalue weighted by molar-refractivity contribution is -0.156. The smallest absolute Gasteiger partial charge is 0.307 e. The number of hydrogen-bond donors (Lipinski definition) is 2. The number of nitrogens with one attached hydrogen (secondary N) is 2. The SMILES string of the molecule is C=CC1=C(C)c2cc3[nH]c(cc4nc(cc5[nH]c(cc1n2)c(C)c5CCC(=O)OC(C)N(C)C)C(CCC(=O)OC(C)N(C)C)=C4C)c(C)c3C=C. The number of aryl methyl sites for hydroxylation is 3. The predicted octanol–water partition coefficient (Wildman–Crippen LogP) is 8.24. The van der Waals surface area contributed by atoms with Gasteiger partial charge in [0.25, 0.3) is 0 Å². The molecule has 0 spiro atoms. The monoisotopic (exact) mass is 704 g/mol. The van der Waals surface area contributed by atoms with Crippen molar-refractivity contribution in [2.24, 2.45) is 0 Å². The van der Waals surface area contributed by atoms with Gasteiger partial charge in [-0.15, -0.1) is 0 Å². The molecule has 0 aromatic carbocycles. The Hall–Kier alpha value is -5.06. The molecule has 2 aliphatic rings. The average molecular weight is 705 g/mol. The Bertz CT molecular complexity index is 2160. The highest BCUT2D eigenvalue weighted by atomic mass is 16.6. The molecule has 5 rings (SSSR count). The van der Waals surface area contributed by atoms with Crippen molar-refractivity contribution in [1.29, 1.82) is 0 Å². The second-order valence-corrected chi connectivity index (χ2v) is 14.0. The molecule has 3 aromatic heterocycles. The van der Waals surface area contributed by atoms with Gasteiger partial charge in [-0.1, -0.05) is 25.3 Å². The molecule has 2 N–H and O–H groups in total. The van der Waals surface area contributed by atoms with Crippen molar-refractivity contribution >= 4 is 62.4 Å². The molecular weight excluding hydrogens is 652 g/mol. The van der Waals surface area contributed by atoms with Crippen molar-refractivity contribution in [1.82, 2.24) is 29.7 Å². The second-order valence-electron chi connectivity index (χ2n) is 14.0. The third-order valence-electron chi connectivity index (χ3n) is 10.3. The summed E-state index contributed by atoms with van der Waals surface area (Å²) in [5, 5.41) is 0. The molecule has 0 aliphatic carbocycles. The summed E-state index contributed by atoms with van der Waals surface area (Å²) in [4.78, 5) is 47.1. The van der Waals surface area contributed by atoms with Gasteiger partial charge in [-0.2, -0.15) is 0 Å². The van der Waals surface area contributed by atoms with E-state index in [9.17, 15) is 9.59 Å². The predicted molar refractivity (Wildman–Crippen MR) is 212 cm³/mol. The number of aromatic nitrogens is 4. The van der Waals surface area contributed by atoms with E-state index in [2.05, 4.69) is 56.0 Å². The number of ether oxygens (including phenoxy) is 2. The van der Waals surface area contributed by atoms with Crippen LogP contribution in [0.1, 0.15) is 92.0 Å². The van der Waals surface area contributed by atoms with Crippen LogP contribution >= 0.6 is 0 Å². The number of fused-ring (bicyclic) bond motifs is 8. The molecule has 5 heterocycles. The standard InChI is InChI=1S/C42H52N6O4/c1-13-29-23(3)33-19-34-25(5)31(15-17-41(49)51-27(7)47(9)10)39(45-34)22-40-32(16-18-42(50)52-28(8)48(11)12)26(6)36(46-40)21-38-30(14-2)24(4)35(44-38)20-37(29)43-33/h13-14,19-22,27-28,43,46H,1-2,15-18H2,3-12H3. The molecule has 2 unspecified atom stereocenters. The Kier molecular flexibility index (Phi) is 11.5. The van der Waals surface area contributed by atoms with Crippen molar-refractivity contribution < 1.29 is 19.1 Å². The number of hydrogen-bond acceptors (Lipinski definition) is 8. The molecule has 10 nitrogen and oxygen atoms in total. The van der Waals surface area contributed by atoms with E-state index in [0.29, 0.717) is 12.8 Å². The van der Waals surface area contributed by atoms with E-state index in [4.69, 9.17) is 19.4 Å². The molecule has 274 valence electrons. The third kappa shape index (κ3) is 7.88. The van der Waals surface area contributed by atoms with Gasteiger partial charge < -0.3 is 19.4 Å². The first kappa shape index (κ1) is 38.2. The summed E-state index contributed by atoms with van der Waals surface area (Å²) < 4.78 is 11.3. The first-order valence-corrected chi connectivity index (χ1v) is 17.8. The summed E-state index contributed by atoms with van der Waals surface area (Å²) in [6, 6.07) is 8.19. The maximum Gasteiger partial charge on any atom is 0.307 e. The minimum Gasteiger partial charge on any atom is -0.447 e. The van der Waals surface area contributed by atoms with Crippen molar-refractivity contribution in [3.05, 3.63) is 88.5 Å².